The van der Waals surface area contributed by atoms with Crippen molar-refractivity contribution in [2.45, 2.75) is 6.92 Å². The van der Waals surface area contributed by atoms with Crippen LogP contribution >= 0.6 is 23.2 Å². The van der Waals surface area contributed by atoms with Gasteiger partial charge >= 0.3 is 0 Å². The third-order valence-electron chi connectivity index (χ3n) is 5.82. The first-order valence-electron chi connectivity index (χ1n) is 11.0. The summed E-state index contributed by atoms with van der Waals surface area (Å²) < 4.78 is 0. The van der Waals surface area contributed by atoms with E-state index in [-0.39, 0.29) is 11.8 Å². The van der Waals surface area contributed by atoms with Gasteiger partial charge in [-0.15, -0.1) is 0 Å². The molecule has 0 unspecified atom stereocenters. The standard InChI is InChI=1S/C27H25Cl2N3O2/c1-19-4-2-3-5-24(19)27(34)32-16-14-31(15-17-32)23-11-9-22(10-12-23)30-26(33)13-7-20-6-8-21(28)18-25(20)29/h2-13,18H,14-17H2,1H3,(H,30,33). The van der Waals surface area contributed by atoms with Crippen LogP contribution in [0.25, 0.3) is 6.08 Å². The summed E-state index contributed by atoms with van der Waals surface area (Å²) in [4.78, 5) is 29.3. The molecule has 1 saturated heterocycles. The Hall–Kier alpha value is -3.28. The predicted molar refractivity (Wildman–Crippen MR) is 140 cm³/mol. The topological polar surface area (TPSA) is 52.7 Å². The molecule has 0 aromatic heterocycles. The number of carbonyl (C=O) groups excluding carboxylic acids is 2. The summed E-state index contributed by atoms with van der Waals surface area (Å²) in [7, 11) is 0. The number of nitrogens with one attached hydrogen (secondary N) is 1. The van der Waals surface area contributed by atoms with E-state index in [1.54, 1.807) is 24.3 Å². The SMILES string of the molecule is Cc1ccccc1C(=O)N1CCN(c2ccc(NC(=O)C=Cc3ccc(Cl)cc3Cl)cc2)CC1. The Bertz CT molecular complexity index is 1220. The van der Waals surface area contributed by atoms with E-state index >= 15 is 0 Å². The molecule has 0 aliphatic carbocycles. The minimum atomic E-state index is -0.248. The highest BCUT2D eigenvalue weighted by Crippen LogP contribution is 2.23. The minimum absolute atomic E-state index is 0.0868. The van der Waals surface area contributed by atoms with E-state index in [9.17, 15) is 9.59 Å². The number of amides is 2. The van der Waals surface area contributed by atoms with E-state index < -0.39 is 0 Å². The van der Waals surface area contributed by atoms with E-state index in [1.165, 1.54) is 6.08 Å². The molecule has 1 N–H and O–H groups in total. The molecular weight excluding hydrogens is 469 g/mol. The summed E-state index contributed by atoms with van der Waals surface area (Å²) in [6.45, 7) is 4.82. The van der Waals surface area contributed by atoms with Crippen molar-refractivity contribution in [1.82, 2.24) is 4.90 Å². The zero-order valence-electron chi connectivity index (χ0n) is 18.8. The maximum Gasteiger partial charge on any atom is 0.254 e. The monoisotopic (exact) mass is 493 g/mol. The molecule has 4 rings (SSSR count). The molecule has 0 atom stereocenters. The number of anilines is 2. The lowest BCUT2D eigenvalue weighted by molar-refractivity contribution is -0.111. The molecule has 1 fully saturated rings. The van der Waals surface area contributed by atoms with Crippen molar-refractivity contribution in [3.05, 3.63) is 99.5 Å². The molecule has 0 bridgehead atoms. The van der Waals surface area contributed by atoms with E-state index in [2.05, 4.69) is 10.2 Å². The number of piperazine rings is 1. The highest BCUT2D eigenvalue weighted by atomic mass is 35.5. The van der Waals surface area contributed by atoms with Crippen molar-refractivity contribution in [2.24, 2.45) is 0 Å². The molecule has 1 aliphatic heterocycles. The van der Waals surface area contributed by atoms with Crippen molar-refractivity contribution in [3.8, 4) is 0 Å². The quantitative estimate of drug-likeness (QED) is 0.449. The van der Waals surface area contributed by atoms with Crippen molar-refractivity contribution in [2.75, 3.05) is 36.4 Å². The third-order valence-corrected chi connectivity index (χ3v) is 6.38. The molecular formula is C27H25Cl2N3O2. The molecule has 5 nitrogen and oxygen atoms in total. The molecule has 3 aromatic carbocycles. The number of aryl methyl sites for hydroxylation is 1. The first kappa shape index (κ1) is 23.9. The number of hydrogen-bond donors (Lipinski definition) is 1. The fraction of sp³-hybridized carbons (Fsp3) is 0.185. The molecule has 1 aliphatic rings. The predicted octanol–water partition coefficient (Wildman–Crippen LogP) is 5.92. The average Bonchev–Trinajstić information content (AvgIpc) is 2.84. The molecule has 3 aromatic rings. The molecule has 7 heteroatoms. The lowest BCUT2D eigenvalue weighted by Gasteiger charge is -2.36. The summed E-state index contributed by atoms with van der Waals surface area (Å²) in [5, 5.41) is 3.89. The molecule has 34 heavy (non-hydrogen) atoms. The fourth-order valence-electron chi connectivity index (χ4n) is 3.89. The third kappa shape index (κ3) is 5.79. The Morgan fingerprint density at radius 2 is 1.62 bits per heavy atom. The number of hydrogen-bond acceptors (Lipinski definition) is 3. The smallest absolute Gasteiger partial charge is 0.254 e. The van der Waals surface area contributed by atoms with Gasteiger partial charge in [0.1, 0.15) is 0 Å². The lowest BCUT2D eigenvalue weighted by atomic mass is 10.1. The summed E-state index contributed by atoms with van der Waals surface area (Å²) in [6, 6.07) is 20.5. The van der Waals surface area contributed by atoms with E-state index in [4.69, 9.17) is 23.2 Å². The van der Waals surface area contributed by atoms with Crippen LogP contribution < -0.4 is 10.2 Å². The summed E-state index contributed by atoms with van der Waals surface area (Å²) in [6.07, 6.45) is 3.09. The van der Waals surface area contributed by atoms with Gasteiger partial charge in [-0.1, -0.05) is 47.5 Å². The van der Waals surface area contributed by atoms with Gasteiger partial charge in [0, 0.05) is 59.2 Å². The van der Waals surface area contributed by atoms with Gasteiger partial charge in [-0.25, -0.2) is 0 Å². The van der Waals surface area contributed by atoms with Gasteiger partial charge in [-0.2, -0.15) is 0 Å². The molecule has 2 amide bonds. The Kier molecular flexibility index (Phi) is 7.56. The van der Waals surface area contributed by atoms with Gasteiger partial charge < -0.3 is 15.1 Å². The molecule has 174 valence electrons. The number of rotatable bonds is 5. The van der Waals surface area contributed by atoms with Gasteiger partial charge in [-0.05, 0) is 66.6 Å². The van der Waals surface area contributed by atoms with Crippen molar-refractivity contribution < 1.29 is 9.59 Å². The zero-order valence-corrected chi connectivity index (χ0v) is 20.3. The second kappa shape index (κ2) is 10.8. The number of benzene rings is 3. The summed E-state index contributed by atoms with van der Waals surface area (Å²) >= 11 is 12.0. The van der Waals surface area contributed by atoms with E-state index in [0.29, 0.717) is 28.8 Å². The average molecular weight is 494 g/mol. The van der Waals surface area contributed by atoms with E-state index in [1.807, 2.05) is 60.4 Å². The van der Waals surface area contributed by atoms with Crippen LogP contribution in [0.5, 0.6) is 0 Å². The maximum atomic E-state index is 12.8. The van der Waals surface area contributed by atoms with Crippen molar-refractivity contribution >= 4 is 52.5 Å². The van der Waals surface area contributed by atoms with Gasteiger partial charge in [0.15, 0.2) is 0 Å². The largest absolute Gasteiger partial charge is 0.368 e. The normalized spacial score (nSPS) is 13.9. The van der Waals surface area contributed by atoms with E-state index in [0.717, 1.165) is 35.5 Å². The fourth-order valence-corrected chi connectivity index (χ4v) is 4.36. The Morgan fingerprint density at radius 3 is 2.29 bits per heavy atom. The molecule has 0 radical (unpaired) electrons. The van der Waals surface area contributed by atoms with Crippen LogP contribution in [0.1, 0.15) is 21.5 Å². The number of nitrogens with zero attached hydrogens (tertiary/aromatic N) is 2. The highest BCUT2D eigenvalue weighted by Gasteiger charge is 2.23. The van der Waals surface area contributed by atoms with Gasteiger partial charge in [0.25, 0.3) is 5.91 Å². The van der Waals surface area contributed by atoms with Gasteiger partial charge in [0.2, 0.25) is 5.91 Å². The van der Waals surface area contributed by atoms with Crippen LogP contribution in [-0.2, 0) is 4.79 Å². The molecule has 0 saturated carbocycles. The van der Waals surface area contributed by atoms with Crippen LogP contribution in [0.4, 0.5) is 11.4 Å². The second-order valence-electron chi connectivity index (χ2n) is 8.13. The van der Waals surface area contributed by atoms with Crippen molar-refractivity contribution in [3.63, 3.8) is 0 Å². The van der Waals surface area contributed by atoms with Crippen LogP contribution in [0.3, 0.4) is 0 Å². The molecule has 1 heterocycles. The van der Waals surface area contributed by atoms with Crippen LogP contribution in [0.15, 0.2) is 72.8 Å². The van der Waals surface area contributed by atoms with Gasteiger partial charge in [-0.3, -0.25) is 9.59 Å². The Balaban J connectivity index is 1.31. The Morgan fingerprint density at radius 1 is 0.912 bits per heavy atom. The van der Waals surface area contributed by atoms with Gasteiger partial charge in [0.05, 0.1) is 0 Å². The second-order valence-corrected chi connectivity index (χ2v) is 8.97. The van der Waals surface area contributed by atoms with Crippen molar-refractivity contribution in [1.29, 1.82) is 0 Å². The first-order valence-corrected chi connectivity index (χ1v) is 11.8. The summed E-state index contributed by atoms with van der Waals surface area (Å²) in [5.74, 6) is -0.161. The highest BCUT2D eigenvalue weighted by molar-refractivity contribution is 6.35. The first-order chi connectivity index (χ1) is 16.4. The Labute approximate surface area is 209 Å². The number of halogens is 2. The van der Waals surface area contributed by atoms with Crippen LogP contribution in [-0.4, -0.2) is 42.9 Å². The van der Waals surface area contributed by atoms with Crippen LogP contribution in [0.2, 0.25) is 10.0 Å². The molecule has 0 spiro atoms. The van der Waals surface area contributed by atoms with Crippen LogP contribution in [0, 0.1) is 6.92 Å². The summed E-state index contributed by atoms with van der Waals surface area (Å²) in [5.41, 5.74) is 4.25. The minimum Gasteiger partial charge on any atom is -0.368 e. The maximum absolute atomic E-state index is 12.8. The zero-order chi connectivity index (χ0) is 24.1. The number of carbonyl (C=O) groups is 2. The lowest BCUT2D eigenvalue weighted by Crippen LogP contribution is -2.48.